The van der Waals surface area contributed by atoms with Gasteiger partial charge in [-0.25, -0.2) is 0 Å². The van der Waals surface area contributed by atoms with Crippen molar-refractivity contribution in [3.8, 4) is 0 Å². The molecule has 0 amide bonds. The van der Waals surface area contributed by atoms with E-state index in [9.17, 15) is 14.7 Å². The fourth-order valence-corrected chi connectivity index (χ4v) is 6.53. The van der Waals surface area contributed by atoms with E-state index >= 15 is 0 Å². The summed E-state index contributed by atoms with van der Waals surface area (Å²) in [7, 11) is 0. The van der Waals surface area contributed by atoms with Gasteiger partial charge in [-0.2, -0.15) is 0 Å². The maximum Gasteiger partial charge on any atom is 0.245 e. The van der Waals surface area contributed by atoms with Crippen LogP contribution in [-0.2, 0) is 9.59 Å². The van der Waals surface area contributed by atoms with Crippen molar-refractivity contribution in [2.75, 3.05) is 0 Å². The SMILES string of the molecule is C[C@]12CC[C@H]3[C@@H](CCC4=CC(=O)CC[C@@]43C)[C@@H]1CC[C@@H]2O.O=CC(Cl)(Cl)Cl. The normalized spacial score (nSPS) is 43.5. The molecule has 0 aromatic carbocycles. The third kappa shape index (κ3) is 3.99. The van der Waals surface area contributed by atoms with E-state index in [1.807, 2.05) is 6.08 Å². The molecule has 0 aromatic heterocycles. The van der Waals surface area contributed by atoms with E-state index in [-0.39, 0.29) is 23.2 Å². The van der Waals surface area contributed by atoms with E-state index in [0.29, 0.717) is 11.7 Å². The van der Waals surface area contributed by atoms with Crippen molar-refractivity contribution in [2.24, 2.45) is 28.6 Å². The van der Waals surface area contributed by atoms with Crippen LogP contribution >= 0.6 is 34.8 Å². The number of allylic oxidation sites excluding steroid dienone is 1. The van der Waals surface area contributed by atoms with Crippen LogP contribution in [0, 0.1) is 28.6 Å². The number of hydrogen-bond acceptors (Lipinski definition) is 3. The van der Waals surface area contributed by atoms with E-state index < -0.39 is 3.79 Å². The predicted octanol–water partition coefficient (Wildman–Crippen LogP) is 5.43. The van der Waals surface area contributed by atoms with Crippen LogP contribution in [0.4, 0.5) is 0 Å². The van der Waals surface area contributed by atoms with Gasteiger partial charge in [0.1, 0.15) is 0 Å². The molecule has 6 atom stereocenters. The Labute approximate surface area is 176 Å². The van der Waals surface area contributed by atoms with Crippen LogP contribution in [0.5, 0.6) is 0 Å². The van der Waals surface area contributed by atoms with Crippen LogP contribution in [-0.4, -0.2) is 27.1 Å². The number of aliphatic hydroxyl groups excluding tert-OH is 1. The standard InChI is InChI=1S/C19H28O2.C2HCl3O/c1-18-9-7-13(20)11-12(18)3-4-14-15-5-6-17(21)19(15,2)10-8-16(14)18;3-2(4,5)1-6/h11,14-17,21H,3-10H2,1-2H3;1H/t14-,15-,16-,17-,18-,19-;/m0./s1. The van der Waals surface area contributed by atoms with Gasteiger partial charge in [-0.3, -0.25) is 9.59 Å². The summed E-state index contributed by atoms with van der Waals surface area (Å²) < 4.78 is -1.72. The highest BCUT2D eigenvalue weighted by Crippen LogP contribution is 2.65. The molecule has 4 aliphatic carbocycles. The molecule has 152 valence electrons. The maximum atomic E-state index is 11.8. The molecule has 1 N–H and O–H groups in total. The Balaban J connectivity index is 0.000000307. The number of hydrogen-bond donors (Lipinski definition) is 1. The van der Waals surface area contributed by atoms with Gasteiger partial charge in [-0.05, 0) is 79.6 Å². The smallest absolute Gasteiger partial charge is 0.245 e. The summed E-state index contributed by atoms with van der Waals surface area (Å²) in [6.45, 7) is 4.76. The second-order valence-electron chi connectivity index (χ2n) is 9.27. The lowest BCUT2D eigenvalue weighted by molar-refractivity contribution is -0.118. The molecule has 3 saturated carbocycles. The minimum Gasteiger partial charge on any atom is -0.393 e. The van der Waals surface area contributed by atoms with Crippen LogP contribution in [0.1, 0.15) is 65.2 Å². The minimum absolute atomic E-state index is 0.0823. The lowest BCUT2D eigenvalue weighted by Gasteiger charge is -2.57. The van der Waals surface area contributed by atoms with Crippen LogP contribution < -0.4 is 0 Å². The van der Waals surface area contributed by atoms with Gasteiger partial charge in [0, 0.05) is 6.42 Å². The second-order valence-corrected chi connectivity index (χ2v) is 11.6. The first-order valence-corrected chi connectivity index (χ1v) is 11.1. The fourth-order valence-electron chi connectivity index (χ4n) is 6.53. The average molecular weight is 436 g/mol. The van der Waals surface area contributed by atoms with Crippen molar-refractivity contribution in [1.82, 2.24) is 0 Å². The van der Waals surface area contributed by atoms with Crippen molar-refractivity contribution in [1.29, 1.82) is 0 Å². The summed E-state index contributed by atoms with van der Waals surface area (Å²) >= 11 is 14.6. The lowest BCUT2D eigenvalue weighted by Crippen LogP contribution is -2.51. The fraction of sp³-hybridized carbons (Fsp3) is 0.810. The molecule has 0 saturated heterocycles. The van der Waals surface area contributed by atoms with Crippen LogP contribution in [0.3, 0.4) is 0 Å². The van der Waals surface area contributed by atoms with Crippen LogP contribution in [0.25, 0.3) is 0 Å². The summed E-state index contributed by atoms with van der Waals surface area (Å²) in [6, 6.07) is 0. The molecule has 0 aromatic rings. The molecular formula is C21H29Cl3O3. The highest BCUT2D eigenvalue weighted by molar-refractivity contribution is 6.74. The zero-order chi connectivity index (χ0) is 20.0. The number of rotatable bonds is 0. The van der Waals surface area contributed by atoms with Gasteiger partial charge in [-0.1, -0.05) is 54.2 Å². The summed E-state index contributed by atoms with van der Waals surface area (Å²) in [5, 5.41) is 10.4. The average Bonchev–Trinajstić information content (AvgIpc) is 2.91. The van der Waals surface area contributed by atoms with Gasteiger partial charge in [0.2, 0.25) is 3.79 Å². The first kappa shape index (κ1) is 21.6. The molecule has 0 heterocycles. The van der Waals surface area contributed by atoms with E-state index in [2.05, 4.69) is 13.8 Å². The van der Waals surface area contributed by atoms with E-state index in [0.717, 1.165) is 37.5 Å². The zero-order valence-corrected chi connectivity index (χ0v) is 18.3. The highest BCUT2D eigenvalue weighted by Gasteiger charge is 2.58. The maximum absolute atomic E-state index is 11.8. The Kier molecular flexibility index (Phi) is 6.11. The number of carbonyl (C=O) groups is 2. The number of carbonyl (C=O) groups excluding carboxylic acids is 2. The van der Waals surface area contributed by atoms with Crippen molar-refractivity contribution in [3.05, 3.63) is 11.6 Å². The molecule has 0 unspecified atom stereocenters. The van der Waals surface area contributed by atoms with Gasteiger partial charge in [0.15, 0.2) is 12.1 Å². The molecule has 0 bridgehead atoms. The van der Waals surface area contributed by atoms with E-state index in [1.165, 1.54) is 31.3 Å². The van der Waals surface area contributed by atoms with Gasteiger partial charge in [0.25, 0.3) is 0 Å². The first-order valence-electron chi connectivity index (χ1n) is 9.96. The molecule has 0 spiro atoms. The Bertz CT molecular complexity index is 641. The second kappa shape index (κ2) is 7.63. The van der Waals surface area contributed by atoms with E-state index in [4.69, 9.17) is 34.8 Å². The van der Waals surface area contributed by atoms with Gasteiger partial charge >= 0.3 is 0 Å². The first-order chi connectivity index (χ1) is 12.5. The third-order valence-corrected chi connectivity index (χ3v) is 8.31. The number of ketones is 1. The topological polar surface area (TPSA) is 54.4 Å². The summed E-state index contributed by atoms with van der Waals surface area (Å²) in [5.74, 6) is 2.57. The summed E-state index contributed by atoms with van der Waals surface area (Å²) in [6.07, 6.45) is 10.9. The number of aldehydes is 1. The quantitative estimate of drug-likeness (QED) is 0.407. The monoisotopic (exact) mass is 434 g/mol. The summed E-state index contributed by atoms with van der Waals surface area (Å²) in [4.78, 5) is 21.2. The number of alkyl halides is 3. The van der Waals surface area contributed by atoms with E-state index in [1.54, 1.807) is 0 Å². The molecule has 6 heteroatoms. The Morgan fingerprint density at radius 3 is 2.37 bits per heavy atom. The molecule has 3 fully saturated rings. The number of aliphatic hydroxyl groups is 1. The van der Waals surface area contributed by atoms with Crippen molar-refractivity contribution in [3.63, 3.8) is 0 Å². The molecule has 3 nitrogen and oxygen atoms in total. The van der Waals surface area contributed by atoms with Gasteiger partial charge in [-0.15, -0.1) is 0 Å². The number of fused-ring (bicyclic) bond motifs is 5. The zero-order valence-electron chi connectivity index (χ0n) is 16.0. The van der Waals surface area contributed by atoms with Crippen LogP contribution in [0.2, 0.25) is 0 Å². The van der Waals surface area contributed by atoms with Crippen molar-refractivity contribution < 1.29 is 14.7 Å². The largest absolute Gasteiger partial charge is 0.393 e. The number of halogens is 3. The summed E-state index contributed by atoms with van der Waals surface area (Å²) in [5.41, 5.74) is 1.89. The molecular weight excluding hydrogens is 407 g/mol. The highest BCUT2D eigenvalue weighted by atomic mass is 35.6. The molecule has 4 rings (SSSR count). The van der Waals surface area contributed by atoms with Crippen LogP contribution in [0.15, 0.2) is 11.6 Å². The molecule has 0 radical (unpaired) electrons. The Hall–Kier alpha value is -0.0900. The third-order valence-electron chi connectivity index (χ3n) is 8.05. The molecule has 0 aliphatic heterocycles. The minimum atomic E-state index is -1.72. The molecule has 27 heavy (non-hydrogen) atoms. The lowest BCUT2D eigenvalue weighted by atomic mass is 9.47. The predicted molar refractivity (Wildman–Crippen MR) is 109 cm³/mol. The molecule has 4 aliphatic rings. The van der Waals surface area contributed by atoms with Crippen molar-refractivity contribution >= 4 is 46.9 Å². The van der Waals surface area contributed by atoms with Gasteiger partial charge in [0.05, 0.1) is 6.10 Å². The Morgan fingerprint density at radius 1 is 1.07 bits per heavy atom. The Morgan fingerprint density at radius 2 is 1.74 bits per heavy atom. The van der Waals surface area contributed by atoms with Crippen molar-refractivity contribution in [2.45, 2.75) is 75.1 Å². The van der Waals surface area contributed by atoms with Gasteiger partial charge < -0.3 is 5.11 Å².